The van der Waals surface area contributed by atoms with Crippen LogP contribution in [-0.4, -0.2) is 56.0 Å². The van der Waals surface area contributed by atoms with Gasteiger partial charge in [-0.1, -0.05) is 27.7 Å². The largest absolute Gasteiger partial charge is 0.393 e. The van der Waals surface area contributed by atoms with Crippen molar-refractivity contribution in [1.82, 2.24) is 0 Å². The van der Waals surface area contributed by atoms with E-state index in [9.17, 15) is 20.4 Å². The van der Waals surface area contributed by atoms with Gasteiger partial charge in [0, 0.05) is 5.92 Å². The third kappa shape index (κ3) is 2.78. The Bertz CT molecular complexity index is 911. The van der Waals surface area contributed by atoms with Gasteiger partial charge in [-0.05, 0) is 117 Å². The van der Waals surface area contributed by atoms with Crippen molar-refractivity contribution in [3.8, 4) is 0 Å². The molecule has 5 unspecified atom stereocenters. The number of ether oxygens (including phenoxy) is 1. The zero-order chi connectivity index (χ0) is 25.6. The topological polar surface area (TPSA) is 90.2 Å². The number of aliphatic hydroxyl groups excluding tert-OH is 3. The first-order valence-corrected chi connectivity index (χ1v) is 14.4. The molecule has 5 aliphatic carbocycles. The van der Waals surface area contributed by atoms with Gasteiger partial charge in [-0.25, -0.2) is 0 Å². The van der Waals surface area contributed by atoms with Crippen molar-refractivity contribution in [2.75, 3.05) is 0 Å². The molecule has 5 nitrogen and oxygen atoms in total. The van der Waals surface area contributed by atoms with Gasteiger partial charge in [0.15, 0.2) is 0 Å². The van der Waals surface area contributed by atoms with E-state index in [1.807, 2.05) is 13.8 Å². The predicted molar refractivity (Wildman–Crippen MR) is 134 cm³/mol. The fraction of sp³-hybridized carbons (Fsp3) is 1.00. The molecule has 0 aromatic carbocycles. The Hall–Kier alpha value is -0.200. The highest BCUT2D eigenvalue weighted by Crippen LogP contribution is 2.89. The quantitative estimate of drug-likeness (QED) is 0.460. The summed E-state index contributed by atoms with van der Waals surface area (Å²) in [6, 6.07) is 0. The lowest BCUT2D eigenvalue weighted by Crippen LogP contribution is -2.62. The van der Waals surface area contributed by atoms with Gasteiger partial charge in [0.05, 0.1) is 35.6 Å². The Morgan fingerprint density at radius 2 is 1.46 bits per heavy atom. The molecule has 0 aromatic heterocycles. The lowest BCUT2D eigenvalue weighted by Gasteiger charge is -2.64. The van der Waals surface area contributed by atoms with E-state index < -0.39 is 23.4 Å². The number of rotatable bonds is 2. The molecule has 6 fully saturated rings. The number of aliphatic hydroxyl groups is 4. The van der Waals surface area contributed by atoms with Crippen LogP contribution in [0.1, 0.15) is 106 Å². The molecule has 35 heavy (non-hydrogen) atoms. The van der Waals surface area contributed by atoms with Crippen LogP contribution in [0.4, 0.5) is 0 Å². The van der Waals surface area contributed by atoms with Crippen molar-refractivity contribution in [3.63, 3.8) is 0 Å². The van der Waals surface area contributed by atoms with Crippen LogP contribution in [0.15, 0.2) is 0 Å². The molecule has 5 saturated carbocycles. The van der Waals surface area contributed by atoms with Crippen molar-refractivity contribution in [3.05, 3.63) is 0 Å². The van der Waals surface area contributed by atoms with Crippen LogP contribution >= 0.6 is 0 Å². The van der Waals surface area contributed by atoms with Gasteiger partial charge < -0.3 is 25.2 Å². The third-order valence-electron chi connectivity index (χ3n) is 13.8. The summed E-state index contributed by atoms with van der Waals surface area (Å²) in [6.45, 7) is 15.0. The highest BCUT2D eigenvalue weighted by atomic mass is 16.5. The van der Waals surface area contributed by atoms with Crippen molar-refractivity contribution < 1.29 is 25.2 Å². The Kier molecular flexibility index (Phi) is 4.92. The van der Waals surface area contributed by atoms with E-state index in [1.165, 1.54) is 6.42 Å². The molecule has 1 saturated heterocycles. The summed E-state index contributed by atoms with van der Waals surface area (Å²) in [6.07, 6.45) is 7.18. The van der Waals surface area contributed by atoms with Gasteiger partial charge >= 0.3 is 0 Å². The maximum Gasteiger partial charge on any atom is 0.0865 e. The molecule has 1 aliphatic heterocycles. The van der Waals surface area contributed by atoms with Gasteiger partial charge in [0.2, 0.25) is 0 Å². The Morgan fingerprint density at radius 1 is 0.771 bits per heavy atom. The molecular formula is C30H50O5. The summed E-state index contributed by atoms with van der Waals surface area (Å²) in [5.74, 6) is 0.577. The molecule has 4 N–H and O–H groups in total. The van der Waals surface area contributed by atoms with Gasteiger partial charge in [0.25, 0.3) is 0 Å². The van der Waals surface area contributed by atoms with Crippen molar-refractivity contribution in [2.24, 2.45) is 44.8 Å². The van der Waals surface area contributed by atoms with Gasteiger partial charge in [-0.3, -0.25) is 0 Å². The molecule has 0 amide bonds. The van der Waals surface area contributed by atoms with E-state index in [4.69, 9.17) is 4.74 Å². The average molecular weight is 491 g/mol. The third-order valence-corrected chi connectivity index (χ3v) is 13.8. The SMILES string of the molecule is CC1(C)C(O)CC[C@]23C[C@]24CC[C@]2(C)C([C@]5(C)CC[C@H](C(C)(C)O)O5)C(O)C[C@@]2(C)C4C[C@H](O)C13. The second-order valence-electron chi connectivity index (χ2n) is 15.9. The normalized spacial score (nSPS) is 60.9. The second-order valence-corrected chi connectivity index (χ2v) is 15.9. The molecule has 0 aromatic rings. The van der Waals surface area contributed by atoms with Gasteiger partial charge in [-0.15, -0.1) is 0 Å². The lowest BCUT2D eigenvalue weighted by molar-refractivity contribution is -0.213. The molecule has 12 atom stereocenters. The second kappa shape index (κ2) is 6.86. The van der Waals surface area contributed by atoms with Gasteiger partial charge in [0.1, 0.15) is 0 Å². The van der Waals surface area contributed by atoms with E-state index in [0.717, 1.165) is 51.4 Å². The minimum atomic E-state index is -0.886. The summed E-state index contributed by atoms with van der Waals surface area (Å²) >= 11 is 0. The van der Waals surface area contributed by atoms with Crippen LogP contribution < -0.4 is 0 Å². The van der Waals surface area contributed by atoms with Crippen LogP contribution in [0.3, 0.4) is 0 Å². The highest BCUT2D eigenvalue weighted by molar-refractivity contribution is 5.33. The van der Waals surface area contributed by atoms with Crippen molar-refractivity contribution in [1.29, 1.82) is 0 Å². The first-order chi connectivity index (χ1) is 16.0. The van der Waals surface area contributed by atoms with Crippen LogP contribution in [-0.2, 0) is 4.74 Å². The number of hydrogen-bond acceptors (Lipinski definition) is 5. The summed E-state index contributed by atoms with van der Waals surface area (Å²) in [5, 5.41) is 45.0. The summed E-state index contributed by atoms with van der Waals surface area (Å²) in [5.41, 5.74) is -1.35. The maximum atomic E-state index is 11.7. The van der Waals surface area contributed by atoms with Crippen molar-refractivity contribution in [2.45, 2.75) is 142 Å². The average Bonchev–Trinajstić information content (AvgIpc) is 3.08. The van der Waals surface area contributed by atoms with E-state index in [2.05, 4.69) is 34.6 Å². The molecule has 2 spiro atoms. The molecule has 6 aliphatic rings. The first kappa shape index (κ1) is 25.1. The molecule has 5 heteroatoms. The molecular weight excluding hydrogens is 440 g/mol. The van der Waals surface area contributed by atoms with Gasteiger partial charge in [-0.2, -0.15) is 0 Å². The fourth-order valence-corrected chi connectivity index (χ4v) is 12.1. The molecule has 200 valence electrons. The lowest BCUT2D eigenvalue weighted by atomic mass is 9.41. The number of fused-ring (bicyclic) bond motifs is 2. The predicted octanol–water partition coefficient (Wildman–Crippen LogP) is 4.44. The molecule has 0 radical (unpaired) electrons. The van der Waals surface area contributed by atoms with Crippen molar-refractivity contribution >= 4 is 0 Å². The number of hydrogen-bond donors (Lipinski definition) is 4. The van der Waals surface area contributed by atoms with Crippen LogP contribution in [0.5, 0.6) is 0 Å². The monoisotopic (exact) mass is 490 g/mol. The first-order valence-electron chi connectivity index (χ1n) is 14.4. The smallest absolute Gasteiger partial charge is 0.0865 e. The maximum absolute atomic E-state index is 11.7. The highest BCUT2D eigenvalue weighted by Gasteiger charge is 2.84. The fourth-order valence-electron chi connectivity index (χ4n) is 12.1. The Morgan fingerprint density at radius 3 is 2.09 bits per heavy atom. The standard InChI is InChI=1S/C30H50O5/c1-24(2)20(33)8-11-30-16-29(30)13-12-26(5)23(28(7)10-9-21(35-28)25(3,4)34)18(32)15-27(26,6)19(29)14-17(31)22(24)30/h17-23,31-34H,8-16H2,1-7H3/t17-,18?,19?,20?,21+,22?,23?,26+,27-,28-,29-,30+/m0/s1. The molecule has 6 rings (SSSR count). The van der Waals surface area contributed by atoms with Crippen LogP contribution in [0.25, 0.3) is 0 Å². The van der Waals surface area contributed by atoms with E-state index >= 15 is 0 Å². The van der Waals surface area contributed by atoms with Crippen LogP contribution in [0, 0.1) is 44.8 Å². The zero-order valence-electron chi connectivity index (χ0n) is 23.1. The molecule has 0 bridgehead atoms. The van der Waals surface area contributed by atoms with E-state index in [0.29, 0.717) is 5.92 Å². The molecule has 1 heterocycles. The Labute approximate surface area is 212 Å². The Balaban J connectivity index is 1.37. The van der Waals surface area contributed by atoms with E-state index in [-0.39, 0.29) is 51.1 Å². The minimum Gasteiger partial charge on any atom is -0.393 e. The summed E-state index contributed by atoms with van der Waals surface area (Å²) in [7, 11) is 0. The van der Waals surface area contributed by atoms with Crippen LogP contribution in [0.2, 0.25) is 0 Å². The minimum absolute atomic E-state index is 0.0267. The summed E-state index contributed by atoms with van der Waals surface area (Å²) < 4.78 is 6.66. The van der Waals surface area contributed by atoms with E-state index in [1.54, 1.807) is 0 Å². The summed E-state index contributed by atoms with van der Waals surface area (Å²) in [4.78, 5) is 0. The zero-order valence-corrected chi connectivity index (χ0v) is 23.1.